The van der Waals surface area contributed by atoms with Crippen LogP contribution in [-0.2, 0) is 21.1 Å². The summed E-state index contributed by atoms with van der Waals surface area (Å²) in [4.78, 5) is 6.41. The topological polar surface area (TPSA) is 92.3 Å². The monoisotopic (exact) mass is 540 g/mol. The predicted octanol–water partition coefficient (Wildman–Crippen LogP) is 1.03. The summed E-state index contributed by atoms with van der Waals surface area (Å²) in [5.41, 5.74) is 2.19. The Labute approximate surface area is 191 Å². The number of aliphatic imine (C=N–C) groups is 1. The van der Waals surface area contributed by atoms with Gasteiger partial charge in [0.15, 0.2) is 15.8 Å². The van der Waals surface area contributed by atoms with Crippen LogP contribution in [0.4, 0.5) is 0 Å². The Balaban J connectivity index is 0.00000420. The average Bonchev–Trinajstić information content (AvgIpc) is 2.67. The maximum Gasteiger partial charge on any atom is 0.191 e. The van der Waals surface area contributed by atoms with E-state index in [1.54, 1.807) is 14.2 Å². The molecule has 2 N–H and O–H groups in total. The molecule has 0 amide bonds. The molecular weight excluding hydrogens is 507 g/mol. The normalized spacial score (nSPS) is 16.7. The van der Waals surface area contributed by atoms with Crippen molar-refractivity contribution in [3.63, 3.8) is 0 Å². The molecule has 1 fully saturated rings. The molecule has 2 rings (SSSR count). The molecule has 0 saturated carbocycles. The minimum absolute atomic E-state index is 0. The lowest BCUT2D eigenvalue weighted by molar-refractivity contribution is 0.145. The third-order valence-electron chi connectivity index (χ3n) is 4.60. The number of nitrogens with one attached hydrogen (secondary N) is 2. The Morgan fingerprint density at radius 2 is 1.93 bits per heavy atom. The van der Waals surface area contributed by atoms with E-state index < -0.39 is 9.84 Å². The highest BCUT2D eigenvalue weighted by Gasteiger charge is 2.20. The fourth-order valence-electron chi connectivity index (χ4n) is 2.88. The zero-order valence-corrected chi connectivity index (χ0v) is 20.6. The van der Waals surface area contributed by atoms with E-state index in [9.17, 15) is 8.42 Å². The molecule has 29 heavy (non-hydrogen) atoms. The van der Waals surface area contributed by atoms with Gasteiger partial charge in [-0.1, -0.05) is 12.1 Å². The zero-order valence-electron chi connectivity index (χ0n) is 17.4. The Bertz CT molecular complexity index is 745. The van der Waals surface area contributed by atoms with Gasteiger partial charge in [0.1, 0.15) is 12.4 Å². The van der Waals surface area contributed by atoms with Crippen molar-refractivity contribution in [1.82, 2.24) is 15.5 Å². The summed E-state index contributed by atoms with van der Waals surface area (Å²) < 4.78 is 33.8. The molecule has 1 aliphatic rings. The minimum atomic E-state index is -2.83. The van der Waals surface area contributed by atoms with Crippen molar-refractivity contribution in [1.29, 1.82) is 0 Å². The molecule has 0 spiro atoms. The number of rotatable bonds is 9. The van der Waals surface area contributed by atoms with Gasteiger partial charge in [0.25, 0.3) is 0 Å². The first-order chi connectivity index (χ1) is 13.4. The fourth-order valence-corrected chi connectivity index (χ4v) is 4.16. The van der Waals surface area contributed by atoms with Crippen molar-refractivity contribution in [3.8, 4) is 5.75 Å². The summed E-state index contributed by atoms with van der Waals surface area (Å²) in [7, 11) is 0.549. The standard InChI is InChI=1S/C19H32N4O4S.HI/c1-16-4-5-17(18(14-16)27-11-10-26-3)15-22-19(20-2)21-6-7-23-8-12-28(24,25)13-9-23;/h4-5,14H,6-13,15H2,1-3H3,(H2,20,21,22);1H. The number of aryl methyl sites for hydroxylation is 1. The molecule has 10 heteroatoms. The number of nitrogens with zero attached hydrogens (tertiary/aromatic N) is 2. The summed E-state index contributed by atoms with van der Waals surface area (Å²) in [5, 5.41) is 6.58. The van der Waals surface area contributed by atoms with Crippen molar-refractivity contribution in [2.24, 2.45) is 4.99 Å². The van der Waals surface area contributed by atoms with Gasteiger partial charge < -0.3 is 20.1 Å². The smallest absolute Gasteiger partial charge is 0.191 e. The summed E-state index contributed by atoms with van der Waals surface area (Å²) >= 11 is 0. The Kier molecular flexibility index (Phi) is 11.8. The first kappa shape index (κ1) is 25.9. The second-order valence-corrected chi connectivity index (χ2v) is 9.10. The molecular formula is C19H33IN4O4S. The second-order valence-electron chi connectivity index (χ2n) is 6.80. The van der Waals surface area contributed by atoms with E-state index in [2.05, 4.69) is 26.6 Å². The van der Waals surface area contributed by atoms with Crippen LogP contribution >= 0.6 is 24.0 Å². The van der Waals surface area contributed by atoms with Gasteiger partial charge in [-0.25, -0.2) is 8.42 Å². The van der Waals surface area contributed by atoms with E-state index in [1.807, 2.05) is 19.1 Å². The van der Waals surface area contributed by atoms with Crippen LogP contribution in [0.5, 0.6) is 5.75 Å². The van der Waals surface area contributed by atoms with Gasteiger partial charge in [-0.3, -0.25) is 9.89 Å². The molecule has 0 unspecified atom stereocenters. The van der Waals surface area contributed by atoms with Crippen LogP contribution in [0, 0.1) is 6.92 Å². The molecule has 1 heterocycles. The molecule has 0 atom stereocenters. The van der Waals surface area contributed by atoms with Gasteiger partial charge in [-0.05, 0) is 18.6 Å². The first-order valence-electron chi connectivity index (χ1n) is 9.52. The van der Waals surface area contributed by atoms with Crippen molar-refractivity contribution < 1.29 is 17.9 Å². The van der Waals surface area contributed by atoms with E-state index in [4.69, 9.17) is 9.47 Å². The van der Waals surface area contributed by atoms with E-state index >= 15 is 0 Å². The highest BCUT2D eigenvalue weighted by atomic mass is 127. The number of halogens is 1. The quantitative estimate of drug-likeness (QED) is 0.209. The van der Waals surface area contributed by atoms with Gasteiger partial charge in [-0.15, -0.1) is 24.0 Å². The summed E-state index contributed by atoms with van der Waals surface area (Å²) in [6, 6.07) is 6.12. The number of benzene rings is 1. The van der Waals surface area contributed by atoms with Gasteiger partial charge in [0.05, 0.1) is 18.1 Å². The van der Waals surface area contributed by atoms with Gasteiger partial charge >= 0.3 is 0 Å². The maximum absolute atomic E-state index is 11.5. The lowest BCUT2D eigenvalue weighted by Gasteiger charge is -2.26. The zero-order chi connectivity index (χ0) is 20.4. The molecule has 1 aliphatic heterocycles. The van der Waals surface area contributed by atoms with E-state index in [0.29, 0.717) is 45.4 Å². The van der Waals surface area contributed by atoms with Crippen molar-refractivity contribution in [3.05, 3.63) is 29.3 Å². The van der Waals surface area contributed by atoms with Gasteiger partial charge in [-0.2, -0.15) is 0 Å². The molecule has 0 bridgehead atoms. The highest BCUT2D eigenvalue weighted by Crippen LogP contribution is 2.20. The largest absolute Gasteiger partial charge is 0.491 e. The number of sulfone groups is 1. The molecule has 0 aromatic heterocycles. The van der Waals surface area contributed by atoms with E-state index in [-0.39, 0.29) is 35.5 Å². The molecule has 1 aromatic rings. The number of hydrogen-bond acceptors (Lipinski definition) is 6. The van der Waals surface area contributed by atoms with Crippen LogP contribution < -0.4 is 15.4 Å². The second kappa shape index (κ2) is 13.2. The third-order valence-corrected chi connectivity index (χ3v) is 6.20. The Hall–Kier alpha value is -1.11. The van der Waals surface area contributed by atoms with Crippen LogP contribution in [0.2, 0.25) is 0 Å². The molecule has 8 nitrogen and oxygen atoms in total. The Morgan fingerprint density at radius 1 is 1.21 bits per heavy atom. The fraction of sp³-hybridized carbons (Fsp3) is 0.632. The predicted molar refractivity (Wildman–Crippen MR) is 127 cm³/mol. The van der Waals surface area contributed by atoms with Crippen LogP contribution in [0.15, 0.2) is 23.2 Å². The van der Waals surface area contributed by atoms with Crippen LogP contribution in [0.3, 0.4) is 0 Å². The molecule has 0 radical (unpaired) electrons. The third kappa shape index (κ3) is 9.49. The Morgan fingerprint density at radius 3 is 2.59 bits per heavy atom. The highest BCUT2D eigenvalue weighted by molar-refractivity contribution is 14.0. The number of hydrogen-bond donors (Lipinski definition) is 2. The number of ether oxygens (including phenoxy) is 2. The molecule has 1 saturated heterocycles. The van der Waals surface area contributed by atoms with Gasteiger partial charge in [0.2, 0.25) is 0 Å². The average molecular weight is 540 g/mol. The lowest BCUT2D eigenvalue weighted by Crippen LogP contribution is -2.45. The van der Waals surface area contributed by atoms with Crippen molar-refractivity contribution >= 4 is 39.8 Å². The minimum Gasteiger partial charge on any atom is -0.491 e. The van der Waals surface area contributed by atoms with Crippen LogP contribution in [0.1, 0.15) is 11.1 Å². The van der Waals surface area contributed by atoms with Crippen LogP contribution in [0.25, 0.3) is 0 Å². The van der Waals surface area contributed by atoms with Crippen molar-refractivity contribution in [2.75, 3.05) is 65.1 Å². The summed E-state index contributed by atoms with van der Waals surface area (Å²) in [6.07, 6.45) is 0. The van der Waals surface area contributed by atoms with E-state index in [1.165, 1.54) is 0 Å². The maximum atomic E-state index is 11.5. The first-order valence-corrected chi connectivity index (χ1v) is 11.3. The summed E-state index contributed by atoms with van der Waals surface area (Å²) in [5.74, 6) is 2.04. The van der Waals surface area contributed by atoms with Gasteiger partial charge in [0, 0.05) is 52.4 Å². The van der Waals surface area contributed by atoms with E-state index in [0.717, 1.165) is 23.4 Å². The SMILES string of the molecule is CN=C(NCCN1CCS(=O)(=O)CC1)NCc1ccc(C)cc1OCCOC.I. The lowest BCUT2D eigenvalue weighted by atomic mass is 10.1. The summed E-state index contributed by atoms with van der Waals surface area (Å²) in [6.45, 7) is 6.35. The van der Waals surface area contributed by atoms with Crippen LogP contribution in [-0.4, -0.2) is 84.3 Å². The molecule has 166 valence electrons. The number of methoxy groups -OCH3 is 1. The molecule has 1 aromatic carbocycles. The van der Waals surface area contributed by atoms with Crippen molar-refractivity contribution in [2.45, 2.75) is 13.5 Å². The molecule has 0 aliphatic carbocycles. The number of guanidine groups is 1.